The Labute approximate surface area is 175 Å². The maximum atomic E-state index is 12.6. The molecule has 170 valence electrons. The molecule has 0 aliphatic rings. The minimum atomic E-state index is -0.884. The lowest BCUT2D eigenvalue weighted by atomic mass is 9.86. The fourth-order valence-electron chi connectivity index (χ4n) is 2.44. The Morgan fingerprint density at radius 1 is 0.793 bits per heavy atom. The zero-order valence-electron chi connectivity index (χ0n) is 19.6. The molecule has 0 saturated heterocycles. The Morgan fingerprint density at radius 3 is 1.69 bits per heavy atom. The Hall–Kier alpha value is -1.83. The van der Waals surface area contributed by atoms with Gasteiger partial charge in [-0.05, 0) is 72.8 Å². The Balaban J connectivity index is 5.27. The molecule has 0 aromatic carbocycles. The molecule has 0 aliphatic heterocycles. The number of nitrogens with one attached hydrogen (secondary N) is 2. The van der Waals surface area contributed by atoms with E-state index in [1.54, 1.807) is 41.5 Å². The van der Waals surface area contributed by atoms with E-state index in [0.717, 1.165) is 6.42 Å². The quantitative estimate of drug-likeness (QED) is 0.414. The summed E-state index contributed by atoms with van der Waals surface area (Å²) in [7, 11) is 0. The molecule has 0 fully saturated rings. The van der Waals surface area contributed by atoms with Gasteiger partial charge in [0, 0.05) is 0 Å². The van der Waals surface area contributed by atoms with Gasteiger partial charge < -0.3 is 25.8 Å². The first-order valence-electron chi connectivity index (χ1n) is 10.2. The molecule has 0 unspecified atom stereocenters. The summed E-state index contributed by atoms with van der Waals surface area (Å²) in [6, 6.07) is -2.34. The van der Waals surface area contributed by atoms with Gasteiger partial charge in [-0.15, -0.1) is 0 Å². The van der Waals surface area contributed by atoms with Crippen LogP contribution in [0.3, 0.4) is 0 Å². The summed E-state index contributed by atoms with van der Waals surface area (Å²) in [5.41, 5.74) is 3.59. The van der Waals surface area contributed by atoms with E-state index in [2.05, 4.69) is 10.6 Å². The number of nitrogens with two attached hydrogens (primary N) is 1. The summed E-state index contributed by atoms with van der Waals surface area (Å²) in [5.74, 6) is -1.05. The zero-order valence-corrected chi connectivity index (χ0v) is 19.6. The highest BCUT2D eigenvalue weighted by molar-refractivity contribution is 5.87. The van der Waals surface area contributed by atoms with Crippen LogP contribution in [-0.2, 0) is 19.1 Å². The van der Waals surface area contributed by atoms with Gasteiger partial charge >= 0.3 is 18.0 Å². The molecule has 0 saturated carbocycles. The molecule has 8 nitrogen and oxygen atoms in total. The van der Waals surface area contributed by atoms with Gasteiger partial charge in [0.25, 0.3) is 0 Å². The van der Waals surface area contributed by atoms with Crippen molar-refractivity contribution in [1.82, 2.24) is 10.6 Å². The van der Waals surface area contributed by atoms with E-state index in [9.17, 15) is 14.4 Å². The average Bonchev–Trinajstić information content (AvgIpc) is 2.47. The van der Waals surface area contributed by atoms with Crippen molar-refractivity contribution in [3.63, 3.8) is 0 Å². The molecule has 0 rings (SSSR count). The number of hydrogen-bond acceptors (Lipinski definition) is 6. The average molecular weight is 416 g/mol. The second kappa shape index (κ2) is 10.8. The van der Waals surface area contributed by atoms with Crippen molar-refractivity contribution in [2.24, 2.45) is 11.1 Å². The van der Waals surface area contributed by atoms with E-state index in [4.69, 9.17) is 15.2 Å². The molecule has 2 amide bonds. The Bertz CT molecular complexity index is 556. The lowest BCUT2D eigenvalue weighted by Gasteiger charge is -2.33. The van der Waals surface area contributed by atoms with Gasteiger partial charge in [-0.25, -0.2) is 14.4 Å². The molecule has 0 bridgehead atoms. The number of unbranched alkanes of at least 4 members (excludes halogenated alkanes) is 1. The van der Waals surface area contributed by atoms with Crippen LogP contribution in [0.25, 0.3) is 0 Å². The minimum Gasteiger partial charge on any atom is -0.458 e. The van der Waals surface area contributed by atoms with Crippen molar-refractivity contribution >= 4 is 18.0 Å². The van der Waals surface area contributed by atoms with Gasteiger partial charge in [-0.2, -0.15) is 0 Å². The van der Waals surface area contributed by atoms with Crippen LogP contribution in [0.1, 0.15) is 81.6 Å². The van der Waals surface area contributed by atoms with E-state index in [0.29, 0.717) is 19.4 Å². The van der Waals surface area contributed by atoms with Crippen molar-refractivity contribution in [3.8, 4) is 0 Å². The van der Waals surface area contributed by atoms with E-state index >= 15 is 0 Å². The Morgan fingerprint density at radius 2 is 1.28 bits per heavy atom. The van der Waals surface area contributed by atoms with Gasteiger partial charge in [-0.1, -0.05) is 20.8 Å². The highest BCUT2D eigenvalue weighted by atomic mass is 16.6. The van der Waals surface area contributed by atoms with Gasteiger partial charge in [0.05, 0.1) is 0 Å². The van der Waals surface area contributed by atoms with Gasteiger partial charge in [0.15, 0.2) is 0 Å². The van der Waals surface area contributed by atoms with Crippen LogP contribution in [0.2, 0.25) is 0 Å². The first kappa shape index (κ1) is 27.2. The number of hydrogen-bond donors (Lipinski definition) is 3. The van der Waals surface area contributed by atoms with E-state index < -0.39 is 46.7 Å². The zero-order chi connectivity index (χ0) is 23.0. The maximum Gasteiger partial charge on any atom is 0.329 e. The van der Waals surface area contributed by atoms with Crippen molar-refractivity contribution in [2.45, 2.75) is 105 Å². The van der Waals surface area contributed by atoms with Crippen LogP contribution in [0.15, 0.2) is 0 Å². The van der Waals surface area contributed by atoms with Crippen molar-refractivity contribution in [2.75, 3.05) is 6.54 Å². The van der Waals surface area contributed by atoms with E-state index in [1.165, 1.54) is 0 Å². The third-order valence-electron chi connectivity index (χ3n) is 3.73. The van der Waals surface area contributed by atoms with Gasteiger partial charge in [0.2, 0.25) is 0 Å². The predicted molar refractivity (Wildman–Crippen MR) is 113 cm³/mol. The topological polar surface area (TPSA) is 120 Å². The number of carbonyl (C=O) groups excluding carboxylic acids is 3. The lowest BCUT2D eigenvalue weighted by molar-refractivity contribution is -0.160. The Kier molecular flexibility index (Phi) is 10.1. The summed E-state index contributed by atoms with van der Waals surface area (Å²) in [4.78, 5) is 37.7. The highest BCUT2D eigenvalue weighted by Gasteiger charge is 2.37. The molecule has 0 heterocycles. The molecule has 8 heteroatoms. The SMILES string of the molecule is CC(C)(C)OC(=O)[C@H](CCCCN)NC(=O)N[C@H](C(=O)OC(C)(C)C)C(C)(C)C. The largest absolute Gasteiger partial charge is 0.458 e. The van der Waals surface area contributed by atoms with Crippen molar-refractivity contribution in [3.05, 3.63) is 0 Å². The first-order valence-corrected chi connectivity index (χ1v) is 10.2. The number of rotatable bonds is 8. The summed E-state index contributed by atoms with van der Waals surface area (Å²) in [5, 5.41) is 5.31. The van der Waals surface area contributed by atoms with E-state index in [-0.39, 0.29) is 0 Å². The summed E-state index contributed by atoms with van der Waals surface area (Å²) in [6.07, 6.45) is 1.78. The smallest absolute Gasteiger partial charge is 0.329 e. The number of ether oxygens (including phenoxy) is 2. The molecule has 0 spiro atoms. The van der Waals surface area contributed by atoms with Gasteiger partial charge in [0.1, 0.15) is 23.3 Å². The molecule has 0 aromatic heterocycles. The normalized spacial score (nSPS) is 14.6. The lowest BCUT2D eigenvalue weighted by Crippen LogP contribution is -2.56. The second-order valence-electron chi connectivity index (χ2n) is 10.3. The van der Waals surface area contributed by atoms with Crippen molar-refractivity contribution in [1.29, 1.82) is 0 Å². The minimum absolute atomic E-state index is 0.395. The molecule has 0 radical (unpaired) electrons. The molecular weight excluding hydrogens is 374 g/mol. The van der Waals surface area contributed by atoms with Crippen LogP contribution < -0.4 is 16.4 Å². The van der Waals surface area contributed by atoms with E-state index in [1.807, 2.05) is 20.8 Å². The molecular formula is C21H41N3O5. The summed E-state index contributed by atoms with van der Waals surface area (Å²) < 4.78 is 10.9. The number of esters is 2. The van der Waals surface area contributed by atoms with Gasteiger partial charge in [-0.3, -0.25) is 0 Å². The number of urea groups is 1. The van der Waals surface area contributed by atoms with Crippen LogP contribution in [0.5, 0.6) is 0 Å². The number of carbonyl (C=O) groups is 3. The molecule has 0 aromatic rings. The van der Waals surface area contributed by atoms with Crippen LogP contribution in [-0.4, -0.2) is 47.8 Å². The van der Waals surface area contributed by atoms with Crippen LogP contribution >= 0.6 is 0 Å². The third-order valence-corrected chi connectivity index (χ3v) is 3.73. The first-order chi connectivity index (χ1) is 13.0. The second-order valence-corrected chi connectivity index (χ2v) is 10.3. The standard InChI is InChI=1S/C21H41N3O5/c1-19(2,3)15(17(26)29-21(7,8)9)24-18(27)23-14(12-10-11-13-22)16(25)28-20(4,5)6/h14-15H,10-13,22H2,1-9H3,(H2,23,24,27)/t14-,15+/m0/s1. The molecule has 2 atom stereocenters. The van der Waals surface area contributed by atoms with Crippen molar-refractivity contribution < 1.29 is 23.9 Å². The fourth-order valence-corrected chi connectivity index (χ4v) is 2.44. The third kappa shape index (κ3) is 12.4. The fraction of sp³-hybridized carbons (Fsp3) is 0.857. The van der Waals surface area contributed by atoms with Crippen LogP contribution in [0.4, 0.5) is 4.79 Å². The molecule has 4 N–H and O–H groups in total. The monoisotopic (exact) mass is 415 g/mol. The van der Waals surface area contributed by atoms with Crippen LogP contribution in [0, 0.1) is 5.41 Å². The maximum absolute atomic E-state index is 12.6. The predicted octanol–water partition coefficient (Wildman–Crippen LogP) is 2.88. The highest BCUT2D eigenvalue weighted by Crippen LogP contribution is 2.22. The summed E-state index contributed by atoms with van der Waals surface area (Å²) >= 11 is 0. The number of amides is 2. The molecule has 29 heavy (non-hydrogen) atoms. The summed E-state index contributed by atoms with van der Waals surface area (Å²) in [6.45, 7) is 16.6. The molecule has 0 aliphatic carbocycles.